The van der Waals surface area contributed by atoms with Crippen molar-refractivity contribution in [3.8, 4) is 0 Å². The fourth-order valence-electron chi connectivity index (χ4n) is 0.191. The molecule has 48 valence electrons. The molecular formula is C4H9NO3. The molecule has 1 atom stereocenters. The largest absolute Gasteiger partial charge is 0.394 e. The van der Waals surface area contributed by atoms with Gasteiger partial charge in [-0.15, -0.1) is 5.16 Å². The molecule has 0 aliphatic heterocycles. The van der Waals surface area contributed by atoms with Crippen LogP contribution in [0.3, 0.4) is 0 Å². The van der Waals surface area contributed by atoms with Crippen molar-refractivity contribution in [1.29, 1.82) is 0 Å². The monoisotopic (exact) mass is 119 g/mol. The first kappa shape index (κ1) is 7.39. The number of aliphatic hydroxyl groups is 2. The minimum absolute atomic E-state index is 0. The summed E-state index contributed by atoms with van der Waals surface area (Å²) in [7, 11) is 0. The van der Waals surface area contributed by atoms with Crippen molar-refractivity contribution in [3.05, 3.63) is 0 Å². The smallest absolute Gasteiger partial charge is 0.145 e. The molecule has 0 aromatic carbocycles. The van der Waals surface area contributed by atoms with E-state index in [9.17, 15) is 0 Å². The maximum Gasteiger partial charge on any atom is 0.145 e. The van der Waals surface area contributed by atoms with Crippen LogP contribution in [0.1, 0.15) is 0 Å². The Hall–Kier alpha value is -0.610. The zero-order valence-electron chi connectivity index (χ0n) is 4.45. The molecule has 0 saturated carbocycles. The van der Waals surface area contributed by atoms with Crippen LogP contribution >= 0.6 is 0 Å². The summed E-state index contributed by atoms with van der Waals surface area (Å²) >= 11 is 0. The van der Waals surface area contributed by atoms with E-state index in [4.69, 9.17) is 10.2 Å². The molecule has 0 amide bonds. The van der Waals surface area contributed by atoms with E-state index < -0.39 is 6.10 Å². The fraction of sp³-hybridized carbons (Fsp3) is 0.750. The standard InChI is InChI=1S/C4H9NO3/c1-5-8-3-4(7)2-6/h4,6-7H,1-3H2. The van der Waals surface area contributed by atoms with Crippen LogP contribution in [0.4, 0.5) is 0 Å². The van der Waals surface area contributed by atoms with Gasteiger partial charge in [0.25, 0.3) is 0 Å². The summed E-state index contributed by atoms with van der Waals surface area (Å²) in [5.41, 5.74) is 0. The second-order valence-electron chi connectivity index (χ2n) is 1.26. The lowest BCUT2D eigenvalue weighted by Gasteiger charge is -2.02. The van der Waals surface area contributed by atoms with Crippen LogP contribution in [0, 0.1) is 0 Å². The lowest BCUT2D eigenvalue weighted by Crippen LogP contribution is -2.17. The van der Waals surface area contributed by atoms with Crippen LogP contribution in [-0.2, 0) is 4.84 Å². The number of hydrogen-bond donors (Lipinski definition) is 2. The van der Waals surface area contributed by atoms with Crippen LogP contribution in [0.5, 0.6) is 0 Å². The first-order valence-corrected chi connectivity index (χ1v) is 2.18. The van der Waals surface area contributed by atoms with E-state index >= 15 is 0 Å². The average molecular weight is 119 g/mol. The summed E-state index contributed by atoms with van der Waals surface area (Å²) in [5, 5.41) is 19.7. The van der Waals surface area contributed by atoms with Gasteiger partial charge >= 0.3 is 0 Å². The van der Waals surface area contributed by atoms with Crippen molar-refractivity contribution in [1.82, 2.24) is 0 Å². The van der Waals surface area contributed by atoms with Crippen LogP contribution in [-0.4, -0.2) is 36.2 Å². The molecule has 4 heteroatoms. The number of oxime groups is 1. The predicted molar refractivity (Wildman–Crippen MR) is 28.6 cm³/mol. The molecule has 8 heavy (non-hydrogen) atoms. The molecule has 0 rings (SSSR count). The molecule has 0 aliphatic rings. The summed E-state index contributed by atoms with van der Waals surface area (Å²) < 4.78 is 0. The summed E-state index contributed by atoms with van der Waals surface area (Å²) in [6.45, 7) is 2.69. The minimum atomic E-state index is -0.847. The highest BCUT2D eigenvalue weighted by Crippen LogP contribution is 1.81. The van der Waals surface area contributed by atoms with Gasteiger partial charge in [-0.05, 0) is 0 Å². The Morgan fingerprint density at radius 2 is 2.38 bits per heavy atom. The quantitative estimate of drug-likeness (QED) is 0.367. The molecule has 2 N–H and O–H groups in total. The maximum absolute atomic E-state index is 8.53. The molecule has 0 bridgehead atoms. The molecule has 0 fully saturated rings. The Balaban J connectivity index is 2.97. The Bertz CT molecular complexity index is 66.3. The van der Waals surface area contributed by atoms with Crippen LogP contribution in [0.25, 0.3) is 0 Å². The topological polar surface area (TPSA) is 62.0 Å². The Morgan fingerprint density at radius 3 is 2.75 bits per heavy atom. The van der Waals surface area contributed by atoms with Gasteiger partial charge < -0.3 is 15.1 Å². The van der Waals surface area contributed by atoms with Crippen molar-refractivity contribution in [3.63, 3.8) is 0 Å². The minimum Gasteiger partial charge on any atom is -0.394 e. The molecule has 0 radical (unpaired) electrons. The van der Waals surface area contributed by atoms with E-state index in [1.54, 1.807) is 0 Å². The molecule has 1 unspecified atom stereocenters. The predicted octanol–water partition coefficient (Wildman–Crippen LogP) is -1.03. The third kappa shape index (κ3) is 3.58. The average Bonchev–Trinajstić information content (AvgIpc) is 1.83. The number of aliphatic hydroxyl groups excluding tert-OH is 2. The summed E-state index contributed by atoms with van der Waals surface area (Å²) in [4.78, 5) is 4.29. The van der Waals surface area contributed by atoms with Crippen molar-refractivity contribution in [2.45, 2.75) is 6.10 Å². The maximum atomic E-state index is 8.53. The van der Waals surface area contributed by atoms with E-state index in [-0.39, 0.29) is 13.2 Å². The highest BCUT2D eigenvalue weighted by atomic mass is 16.6. The lowest BCUT2D eigenvalue weighted by molar-refractivity contribution is 0.00918. The first-order valence-electron chi connectivity index (χ1n) is 2.18. The van der Waals surface area contributed by atoms with Crippen LogP contribution in [0.15, 0.2) is 5.16 Å². The third-order valence-corrected chi connectivity index (χ3v) is 0.569. The van der Waals surface area contributed by atoms with Crippen molar-refractivity contribution in [2.75, 3.05) is 13.2 Å². The first-order chi connectivity index (χ1) is 3.81. The van der Waals surface area contributed by atoms with Gasteiger partial charge in [0.2, 0.25) is 0 Å². The van der Waals surface area contributed by atoms with E-state index in [0.29, 0.717) is 0 Å². The van der Waals surface area contributed by atoms with Gasteiger partial charge in [0.15, 0.2) is 0 Å². The number of nitrogens with zero attached hydrogens (tertiary/aromatic N) is 1. The Morgan fingerprint density at radius 1 is 1.75 bits per heavy atom. The van der Waals surface area contributed by atoms with E-state index in [2.05, 4.69) is 16.7 Å². The lowest BCUT2D eigenvalue weighted by atomic mass is 10.4. The van der Waals surface area contributed by atoms with Crippen LogP contribution < -0.4 is 0 Å². The second-order valence-corrected chi connectivity index (χ2v) is 1.26. The number of hydrogen-bond acceptors (Lipinski definition) is 4. The molecule has 4 nitrogen and oxygen atoms in total. The SMILES string of the molecule is C=NOCC(O)CO. The highest BCUT2D eigenvalue weighted by Gasteiger charge is 1.99. The summed E-state index contributed by atoms with van der Waals surface area (Å²) in [6, 6.07) is 0. The fourth-order valence-corrected chi connectivity index (χ4v) is 0.191. The van der Waals surface area contributed by atoms with Gasteiger partial charge in [0.1, 0.15) is 12.7 Å². The van der Waals surface area contributed by atoms with Gasteiger partial charge in [-0.3, -0.25) is 0 Å². The van der Waals surface area contributed by atoms with Gasteiger partial charge in [-0.1, -0.05) is 0 Å². The molecule has 0 aromatic heterocycles. The zero-order valence-corrected chi connectivity index (χ0v) is 4.45. The zero-order chi connectivity index (χ0) is 6.41. The molecule has 0 aliphatic carbocycles. The van der Waals surface area contributed by atoms with Gasteiger partial charge in [0, 0.05) is 6.72 Å². The van der Waals surface area contributed by atoms with Crippen molar-refractivity contribution in [2.24, 2.45) is 5.16 Å². The van der Waals surface area contributed by atoms with E-state index in [1.165, 1.54) is 0 Å². The van der Waals surface area contributed by atoms with Gasteiger partial charge in [-0.2, -0.15) is 0 Å². The molecule has 0 heterocycles. The molecule has 0 saturated heterocycles. The van der Waals surface area contributed by atoms with Crippen molar-refractivity contribution >= 4 is 6.72 Å². The van der Waals surface area contributed by atoms with Crippen molar-refractivity contribution < 1.29 is 15.1 Å². The Labute approximate surface area is 47.4 Å². The van der Waals surface area contributed by atoms with E-state index in [1.807, 2.05) is 0 Å². The third-order valence-electron chi connectivity index (χ3n) is 0.569. The summed E-state index contributed by atoms with van der Waals surface area (Å²) in [6.07, 6.45) is -0.847. The summed E-state index contributed by atoms with van der Waals surface area (Å²) in [5.74, 6) is 0. The Kier molecular flexibility index (Phi) is 4.20. The van der Waals surface area contributed by atoms with Gasteiger partial charge in [0.05, 0.1) is 6.61 Å². The van der Waals surface area contributed by atoms with Crippen LogP contribution in [0.2, 0.25) is 0 Å². The normalized spacial score (nSPS) is 12.8. The number of rotatable bonds is 4. The highest BCUT2D eigenvalue weighted by molar-refractivity contribution is 5.21. The molecule has 0 aromatic rings. The second kappa shape index (κ2) is 4.55. The van der Waals surface area contributed by atoms with Gasteiger partial charge in [-0.25, -0.2) is 0 Å². The molecular weight excluding hydrogens is 110 g/mol. The van der Waals surface area contributed by atoms with E-state index in [0.717, 1.165) is 0 Å². The molecule has 0 spiro atoms.